The van der Waals surface area contributed by atoms with E-state index in [2.05, 4.69) is 30.8 Å². The van der Waals surface area contributed by atoms with Gasteiger partial charge in [0.05, 0.1) is 12.3 Å². The van der Waals surface area contributed by atoms with Crippen LogP contribution in [0.15, 0.2) is 47.5 Å². The van der Waals surface area contributed by atoms with Crippen molar-refractivity contribution in [3.63, 3.8) is 0 Å². The summed E-state index contributed by atoms with van der Waals surface area (Å²) in [6.07, 6.45) is 2.92. The zero-order chi connectivity index (χ0) is 17.8. The van der Waals surface area contributed by atoms with E-state index in [1.54, 1.807) is 7.11 Å². The van der Waals surface area contributed by atoms with Crippen LogP contribution in [0.1, 0.15) is 24.1 Å². The van der Waals surface area contributed by atoms with Crippen molar-refractivity contribution in [2.75, 3.05) is 20.3 Å². The van der Waals surface area contributed by atoms with Gasteiger partial charge in [0.2, 0.25) is 0 Å². The summed E-state index contributed by atoms with van der Waals surface area (Å²) in [6, 6.07) is 10.1. The minimum Gasteiger partial charge on any atom is -0.463 e. The number of rotatable bonds is 7. The average molecular weight is 331 g/mol. The molecule has 0 unspecified atom stereocenters. The number of nitrogens with zero attached hydrogens (tertiary/aromatic N) is 1. The first kappa shape index (κ1) is 19.6. The normalized spacial score (nSPS) is 9.79. The highest BCUT2D eigenvalue weighted by molar-refractivity contribution is 5.81. The van der Waals surface area contributed by atoms with E-state index in [0.29, 0.717) is 13.2 Å². The van der Waals surface area contributed by atoms with E-state index in [4.69, 9.17) is 14.0 Å². The maximum Gasteiger partial charge on any atom is 0.330 e. The molecule has 0 N–H and O–H groups in total. The third-order valence-electron chi connectivity index (χ3n) is 3.08. The fraction of sp³-hybridized carbons (Fsp3) is 0.368. The largest absolute Gasteiger partial charge is 0.463 e. The number of ether oxygens (including phenoxy) is 2. The SMILES string of the molecule is C=CC(=O)OCCCCOC.Cc1cccc(-c2cc(C)no2)c1. The van der Waals surface area contributed by atoms with E-state index in [-0.39, 0.29) is 5.97 Å². The second kappa shape index (κ2) is 11.2. The first-order valence-corrected chi connectivity index (χ1v) is 7.85. The van der Waals surface area contributed by atoms with Crippen molar-refractivity contribution < 1.29 is 18.8 Å². The Balaban J connectivity index is 0.000000245. The van der Waals surface area contributed by atoms with Crippen LogP contribution in [0.4, 0.5) is 0 Å². The highest BCUT2D eigenvalue weighted by Gasteiger charge is 2.02. The van der Waals surface area contributed by atoms with Crippen molar-refractivity contribution in [1.29, 1.82) is 0 Å². The third kappa shape index (κ3) is 7.74. The maximum absolute atomic E-state index is 10.5. The number of carbonyl (C=O) groups is 1. The Morgan fingerprint density at radius 3 is 2.58 bits per heavy atom. The number of hydrogen-bond acceptors (Lipinski definition) is 5. The number of hydrogen-bond donors (Lipinski definition) is 0. The Morgan fingerprint density at radius 2 is 2.00 bits per heavy atom. The van der Waals surface area contributed by atoms with Crippen LogP contribution in [0.5, 0.6) is 0 Å². The molecule has 0 aliphatic rings. The number of aryl methyl sites for hydroxylation is 2. The van der Waals surface area contributed by atoms with E-state index in [1.807, 2.05) is 25.1 Å². The molecule has 1 aromatic carbocycles. The Kier molecular flexibility index (Phi) is 9.16. The molecule has 0 amide bonds. The van der Waals surface area contributed by atoms with Gasteiger partial charge in [-0.2, -0.15) is 0 Å². The van der Waals surface area contributed by atoms with Gasteiger partial charge in [0.15, 0.2) is 5.76 Å². The monoisotopic (exact) mass is 331 g/mol. The fourth-order valence-electron chi connectivity index (χ4n) is 1.88. The number of unbranched alkanes of at least 4 members (excludes halogenated alkanes) is 1. The van der Waals surface area contributed by atoms with Gasteiger partial charge in [0.25, 0.3) is 0 Å². The summed E-state index contributed by atoms with van der Waals surface area (Å²) in [6.45, 7) is 8.42. The van der Waals surface area contributed by atoms with Gasteiger partial charge in [-0.3, -0.25) is 0 Å². The molecule has 130 valence electrons. The molecule has 0 bridgehead atoms. The van der Waals surface area contributed by atoms with Gasteiger partial charge in [-0.25, -0.2) is 4.79 Å². The Labute approximate surface area is 143 Å². The fourth-order valence-corrected chi connectivity index (χ4v) is 1.88. The third-order valence-corrected chi connectivity index (χ3v) is 3.08. The second-order valence-corrected chi connectivity index (χ2v) is 5.27. The molecule has 0 atom stereocenters. The van der Waals surface area contributed by atoms with Gasteiger partial charge in [0.1, 0.15) is 0 Å². The van der Waals surface area contributed by atoms with Crippen LogP contribution >= 0.6 is 0 Å². The summed E-state index contributed by atoms with van der Waals surface area (Å²) < 4.78 is 14.7. The molecule has 5 heteroatoms. The predicted octanol–water partition coefficient (Wildman–Crippen LogP) is 4.10. The zero-order valence-corrected chi connectivity index (χ0v) is 14.6. The number of aromatic nitrogens is 1. The van der Waals surface area contributed by atoms with Crippen molar-refractivity contribution >= 4 is 5.97 Å². The Hall–Kier alpha value is -2.40. The maximum atomic E-state index is 10.5. The summed E-state index contributed by atoms with van der Waals surface area (Å²) in [5, 5.41) is 3.85. The lowest BCUT2D eigenvalue weighted by Gasteiger charge is -2.00. The Bertz CT molecular complexity index is 634. The molecule has 24 heavy (non-hydrogen) atoms. The van der Waals surface area contributed by atoms with Crippen molar-refractivity contribution in [2.45, 2.75) is 26.7 Å². The van der Waals surface area contributed by atoms with E-state index in [9.17, 15) is 4.79 Å². The first-order valence-electron chi connectivity index (χ1n) is 7.85. The zero-order valence-electron chi connectivity index (χ0n) is 14.6. The van der Waals surface area contributed by atoms with Gasteiger partial charge in [0, 0.05) is 31.4 Å². The summed E-state index contributed by atoms with van der Waals surface area (Å²) in [4.78, 5) is 10.5. The van der Waals surface area contributed by atoms with Gasteiger partial charge in [-0.1, -0.05) is 35.5 Å². The van der Waals surface area contributed by atoms with Crippen LogP contribution in [-0.4, -0.2) is 31.4 Å². The van der Waals surface area contributed by atoms with Gasteiger partial charge in [-0.05, 0) is 32.8 Å². The molecular formula is C19H25NO4. The average Bonchev–Trinajstić information content (AvgIpc) is 3.01. The van der Waals surface area contributed by atoms with E-state index >= 15 is 0 Å². The predicted molar refractivity (Wildman–Crippen MR) is 93.7 cm³/mol. The molecule has 2 rings (SSSR count). The van der Waals surface area contributed by atoms with Crippen LogP contribution in [0.25, 0.3) is 11.3 Å². The molecule has 2 aromatic rings. The molecule has 0 aliphatic heterocycles. The van der Waals surface area contributed by atoms with Gasteiger partial charge < -0.3 is 14.0 Å². The lowest BCUT2D eigenvalue weighted by molar-refractivity contribution is -0.137. The smallest absolute Gasteiger partial charge is 0.330 e. The molecule has 0 aliphatic carbocycles. The first-order chi connectivity index (χ1) is 11.6. The van der Waals surface area contributed by atoms with Gasteiger partial charge >= 0.3 is 5.97 Å². The van der Waals surface area contributed by atoms with Crippen molar-refractivity contribution in [1.82, 2.24) is 5.16 Å². The van der Waals surface area contributed by atoms with Crippen molar-refractivity contribution in [3.05, 3.63) is 54.2 Å². The minimum absolute atomic E-state index is 0.359. The topological polar surface area (TPSA) is 61.6 Å². The van der Waals surface area contributed by atoms with Crippen molar-refractivity contribution in [2.24, 2.45) is 0 Å². The van der Waals surface area contributed by atoms with Crippen LogP contribution in [-0.2, 0) is 14.3 Å². The summed E-state index contributed by atoms with van der Waals surface area (Å²) in [5.41, 5.74) is 3.23. The van der Waals surface area contributed by atoms with Crippen LogP contribution in [0, 0.1) is 13.8 Å². The number of methoxy groups -OCH3 is 1. The lowest BCUT2D eigenvalue weighted by Crippen LogP contribution is -2.02. The molecule has 5 nitrogen and oxygen atoms in total. The van der Waals surface area contributed by atoms with E-state index in [0.717, 1.165) is 35.9 Å². The highest BCUT2D eigenvalue weighted by Crippen LogP contribution is 2.20. The molecule has 0 fully saturated rings. The summed E-state index contributed by atoms with van der Waals surface area (Å²) in [7, 11) is 1.65. The van der Waals surface area contributed by atoms with Crippen molar-refractivity contribution in [3.8, 4) is 11.3 Å². The lowest BCUT2D eigenvalue weighted by atomic mass is 10.1. The molecule has 1 heterocycles. The Morgan fingerprint density at radius 1 is 1.25 bits per heavy atom. The molecule has 0 saturated carbocycles. The molecular weight excluding hydrogens is 306 g/mol. The summed E-state index contributed by atoms with van der Waals surface area (Å²) in [5.74, 6) is 0.476. The second-order valence-electron chi connectivity index (χ2n) is 5.27. The number of carbonyl (C=O) groups excluding carboxylic acids is 1. The molecule has 1 aromatic heterocycles. The number of benzene rings is 1. The van der Waals surface area contributed by atoms with E-state index in [1.165, 1.54) is 5.56 Å². The van der Waals surface area contributed by atoms with Gasteiger partial charge in [-0.15, -0.1) is 0 Å². The van der Waals surface area contributed by atoms with E-state index < -0.39 is 0 Å². The van der Waals surface area contributed by atoms with Crippen LogP contribution in [0.2, 0.25) is 0 Å². The standard InChI is InChI=1S/C11H11NO.C8H14O3/c1-8-4-3-5-10(6-8)11-7-9(2)12-13-11;1-3-8(9)11-7-5-4-6-10-2/h3-7H,1-2H3;3H,1,4-7H2,2H3. The molecule has 0 saturated heterocycles. The summed E-state index contributed by atoms with van der Waals surface area (Å²) >= 11 is 0. The quantitative estimate of drug-likeness (QED) is 0.434. The van der Waals surface area contributed by atoms with Crippen LogP contribution in [0.3, 0.4) is 0 Å². The highest BCUT2D eigenvalue weighted by atomic mass is 16.5. The minimum atomic E-state index is -0.359. The molecule has 0 radical (unpaired) electrons. The molecule has 0 spiro atoms. The van der Waals surface area contributed by atoms with Crippen LogP contribution < -0.4 is 0 Å². The number of esters is 1.